The van der Waals surface area contributed by atoms with Gasteiger partial charge in [0, 0.05) is 6.54 Å². The number of rotatable bonds is 7. The Morgan fingerprint density at radius 1 is 1.42 bits per heavy atom. The Labute approximate surface area is 142 Å². The number of thiophene rings is 1. The summed E-state index contributed by atoms with van der Waals surface area (Å²) in [6.45, 7) is 5.11. The van der Waals surface area contributed by atoms with Gasteiger partial charge in [0.15, 0.2) is 12.4 Å². The second kappa shape index (κ2) is 8.11. The number of carbonyl (C=O) groups excluding carboxylic acids is 3. The second-order valence-electron chi connectivity index (χ2n) is 4.72. The lowest BCUT2D eigenvalue weighted by atomic mass is 10.3. The van der Waals surface area contributed by atoms with Crippen molar-refractivity contribution in [3.63, 3.8) is 0 Å². The van der Waals surface area contributed by atoms with E-state index in [1.165, 1.54) is 18.4 Å². The first-order valence-corrected chi connectivity index (χ1v) is 7.83. The molecule has 2 rings (SSSR count). The van der Waals surface area contributed by atoms with Gasteiger partial charge in [-0.3, -0.25) is 9.59 Å². The number of furan rings is 1. The summed E-state index contributed by atoms with van der Waals surface area (Å²) in [6.07, 6.45) is 2.92. The second-order valence-corrected chi connectivity index (χ2v) is 5.78. The highest BCUT2D eigenvalue weighted by Crippen LogP contribution is 2.27. The number of esters is 1. The van der Waals surface area contributed by atoms with Crippen LogP contribution in [0.4, 0.5) is 5.00 Å². The van der Waals surface area contributed by atoms with E-state index in [0.717, 1.165) is 11.3 Å². The summed E-state index contributed by atoms with van der Waals surface area (Å²) in [6, 6.07) is 4.79. The van der Waals surface area contributed by atoms with Gasteiger partial charge < -0.3 is 19.8 Å². The van der Waals surface area contributed by atoms with Crippen LogP contribution >= 0.6 is 11.3 Å². The fourth-order valence-corrected chi connectivity index (χ4v) is 2.72. The number of nitrogens with one attached hydrogen (secondary N) is 2. The SMILES string of the molecule is C=CCNC(=O)COC(=O)c1sc(NC(=O)c2ccco2)cc1C. The van der Waals surface area contributed by atoms with E-state index in [9.17, 15) is 14.4 Å². The number of hydrogen-bond acceptors (Lipinski definition) is 6. The van der Waals surface area contributed by atoms with Crippen LogP contribution in [-0.2, 0) is 9.53 Å². The molecule has 2 N–H and O–H groups in total. The summed E-state index contributed by atoms with van der Waals surface area (Å²) in [5.74, 6) is -1.28. The fourth-order valence-electron chi connectivity index (χ4n) is 1.76. The molecule has 0 aliphatic rings. The molecule has 7 nitrogen and oxygen atoms in total. The van der Waals surface area contributed by atoms with Gasteiger partial charge in [-0.1, -0.05) is 6.08 Å². The number of ether oxygens (including phenoxy) is 1. The van der Waals surface area contributed by atoms with Gasteiger partial charge in [0.2, 0.25) is 0 Å². The molecule has 0 radical (unpaired) electrons. The van der Waals surface area contributed by atoms with Crippen molar-refractivity contribution in [2.75, 3.05) is 18.5 Å². The molecule has 0 unspecified atom stereocenters. The first-order valence-electron chi connectivity index (χ1n) is 7.01. The van der Waals surface area contributed by atoms with Crippen molar-refractivity contribution in [3.05, 3.63) is 53.3 Å². The lowest BCUT2D eigenvalue weighted by Gasteiger charge is -2.04. The van der Waals surface area contributed by atoms with E-state index in [-0.39, 0.29) is 12.4 Å². The normalized spacial score (nSPS) is 10.0. The van der Waals surface area contributed by atoms with E-state index in [2.05, 4.69) is 17.2 Å². The monoisotopic (exact) mass is 348 g/mol. The van der Waals surface area contributed by atoms with Crippen LogP contribution in [0.3, 0.4) is 0 Å². The summed E-state index contributed by atoms with van der Waals surface area (Å²) in [5.41, 5.74) is 0.645. The zero-order chi connectivity index (χ0) is 17.5. The van der Waals surface area contributed by atoms with Gasteiger partial charge >= 0.3 is 5.97 Å². The van der Waals surface area contributed by atoms with Crippen molar-refractivity contribution in [1.82, 2.24) is 5.32 Å². The summed E-state index contributed by atoms with van der Waals surface area (Å²) >= 11 is 1.07. The van der Waals surface area contributed by atoms with E-state index < -0.39 is 17.8 Å². The molecule has 2 aromatic heterocycles. The van der Waals surface area contributed by atoms with Crippen LogP contribution in [0.15, 0.2) is 41.5 Å². The minimum Gasteiger partial charge on any atom is -0.459 e. The molecule has 0 atom stereocenters. The van der Waals surface area contributed by atoms with Gasteiger partial charge in [-0.15, -0.1) is 17.9 Å². The fraction of sp³-hybridized carbons (Fsp3) is 0.188. The maximum Gasteiger partial charge on any atom is 0.349 e. The quantitative estimate of drug-likeness (QED) is 0.591. The van der Waals surface area contributed by atoms with Crippen molar-refractivity contribution in [3.8, 4) is 0 Å². The lowest BCUT2D eigenvalue weighted by Crippen LogP contribution is -2.28. The molecular weight excluding hydrogens is 332 g/mol. The van der Waals surface area contributed by atoms with Crippen LogP contribution in [0.25, 0.3) is 0 Å². The van der Waals surface area contributed by atoms with E-state index in [0.29, 0.717) is 22.0 Å². The van der Waals surface area contributed by atoms with Gasteiger partial charge in [0.25, 0.3) is 11.8 Å². The molecule has 8 heteroatoms. The van der Waals surface area contributed by atoms with Crippen molar-refractivity contribution < 1.29 is 23.5 Å². The number of anilines is 1. The molecule has 0 spiro atoms. The van der Waals surface area contributed by atoms with Crippen LogP contribution < -0.4 is 10.6 Å². The first kappa shape index (κ1) is 17.5. The highest BCUT2D eigenvalue weighted by Gasteiger charge is 2.18. The summed E-state index contributed by atoms with van der Waals surface area (Å²) in [7, 11) is 0. The predicted octanol–water partition coefficient (Wildman–Crippen LogP) is 2.36. The molecule has 2 aromatic rings. The van der Waals surface area contributed by atoms with E-state index in [1.807, 2.05) is 0 Å². The van der Waals surface area contributed by atoms with Crippen LogP contribution in [0, 0.1) is 6.92 Å². The Balaban J connectivity index is 1.95. The molecule has 0 fully saturated rings. The molecule has 0 saturated carbocycles. The third-order valence-electron chi connectivity index (χ3n) is 2.86. The molecule has 0 aliphatic heterocycles. The maximum absolute atomic E-state index is 12.0. The Hall–Kier alpha value is -2.87. The number of carbonyl (C=O) groups is 3. The van der Waals surface area contributed by atoms with E-state index >= 15 is 0 Å². The van der Waals surface area contributed by atoms with Crippen molar-refractivity contribution in [1.29, 1.82) is 0 Å². The Bertz CT molecular complexity index is 749. The summed E-state index contributed by atoms with van der Waals surface area (Å²) in [5, 5.41) is 5.63. The first-order chi connectivity index (χ1) is 11.5. The largest absolute Gasteiger partial charge is 0.459 e. The Morgan fingerprint density at radius 3 is 2.88 bits per heavy atom. The Morgan fingerprint density at radius 2 is 2.21 bits per heavy atom. The van der Waals surface area contributed by atoms with Gasteiger partial charge in [-0.25, -0.2) is 4.79 Å². The minimum atomic E-state index is -0.621. The van der Waals surface area contributed by atoms with Crippen LogP contribution in [0.1, 0.15) is 25.8 Å². The third-order valence-corrected chi connectivity index (χ3v) is 4.00. The van der Waals surface area contributed by atoms with E-state index in [1.54, 1.807) is 19.1 Å². The molecule has 126 valence electrons. The zero-order valence-electron chi connectivity index (χ0n) is 13.0. The molecule has 0 aliphatic carbocycles. The van der Waals surface area contributed by atoms with Crippen molar-refractivity contribution in [2.45, 2.75) is 6.92 Å². The van der Waals surface area contributed by atoms with Crippen LogP contribution in [0.2, 0.25) is 0 Å². The third kappa shape index (κ3) is 4.56. The summed E-state index contributed by atoms with van der Waals surface area (Å²) < 4.78 is 9.95. The molecule has 0 bridgehead atoms. The van der Waals surface area contributed by atoms with Crippen molar-refractivity contribution in [2.24, 2.45) is 0 Å². The molecule has 2 amide bonds. The Kier molecular flexibility index (Phi) is 5.91. The number of amides is 2. The van der Waals surface area contributed by atoms with Gasteiger partial charge in [0.05, 0.1) is 11.3 Å². The molecule has 24 heavy (non-hydrogen) atoms. The minimum absolute atomic E-state index is 0.170. The van der Waals surface area contributed by atoms with Gasteiger partial charge in [-0.2, -0.15) is 0 Å². The van der Waals surface area contributed by atoms with Gasteiger partial charge in [0.1, 0.15) is 4.88 Å². The highest BCUT2D eigenvalue weighted by molar-refractivity contribution is 7.18. The number of aryl methyl sites for hydroxylation is 1. The number of hydrogen-bond donors (Lipinski definition) is 2. The zero-order valence-corrected chi connectivity index (χ0v) is 13.8. The van der Waals surface area contributed by atoms with Crippen LogP contribution in [-0.4, -0.2) is 30.9 Å². The predicted molar refractivity (Wildman–Crippen MR) is 89.2 cm³/mol. The standard InChI is InChI=1S/C16H16N2O5S/c1-3-6-17-12(19)9-23-16(21)14-10(2)8-13(24-14)18-15(20)11-5-4-7-22-11/h3-5,7-8H,1,6,9H2,2H3,(H,17,19)(H,18,20). The highest BCUT2D eigenvalue weighted by atomic mass is 32.1. The maximum atomic E-state index is 12.0. The summed E-state index contributed by atoms with van der Waals surface area (Å²) in [4.78, 5) is 35.7. The average molecular weight is 348 g/mol. The van der Waals surface area contributed by atoms with Crippen LogP contribution in [0.5, 0.6) is 0 Å². The lowest BCUT2D eigenvalue weighted by molar-refractivity contribution is -0.124. The topological polar surface area (TPSA) is 97.6 Å². The smallest absolute Gasteiger partial charge is 0.349 e. The average Bonchev–Trinajstić information content (AvgIpc) is 3.20. The van der Waals surface area contributed by atoms with Crippen molar-refractivity contribution >= 4 is 34.1 Å². The molecule has 0 aromatic carbocycles. The molecule has 2 heterocycles. The molecular formula is C16H16N2O5S. The van der Waals surface area contributed by atoms with Gasteiger partial charge in [-0.05, 0) is 30.7 Å². The molecule has 0 saturated heterocycles. The van der Waals surface area contributed by atoms with E-state index in [4.69, 9.17) is 9.15 Å².